The van der Waals surface area contributed by atoms with Gasteiger partial charge in [0.05, 0.1) is 22.0 Å². The number of aromatic nitrogens is 7. The molecule has 226 valence electrons. The average molecular weight is 648 g/mol. The van der Waals surface area contributed by atoms with Crippen molar-refractivity contribution < 1.29 is 27.2 Å². The molecule has 0 aliphatic rings. The van der Waals surface area contributed by atoms with Gasteiger partial charge in [-0.2, -0.15) is 23.1 Å². The molecular weight excluding hydrogens is 629 g/mol. The zero-order chi connectivity index (χ0) is 31.6. The van der Waals surface area contributed by atoms with E-state index in [-0.39, 0.29) is 45.6 Å². The van der Waals surface area contributed by atoms with Crippen LogP contribution in [0.2, 0.25) is 10.0 Å². The lowest BCUT2D eigenvalue weighted by Crippen LogP contribution is -2.26. The van der Waals surface area contributed by atoms with Gasteiger partial charge in [-0.1, -0.05) is 41.4 Å². The van der Waals surface area contributed by atoms with Gasteiger partial charge in [-0.05, 0) is 54.1 Å². The van der Waals surface area contributed by atoms with Crippen LogP contribution in [0.5, 0.6) is 0 Å². The maximum atomic E-state index is 14.7. The third-order valence-corrected chi connectivity index (χ3v) is 6.89. The normalized spacial score (nSPS) is 11.4. The van der Waals surface area contributed by atoms with Crippen molar-refractivity contribution >= 4 is 40.7 Å². The summed E-state index contributed by atoms with van der Waals surface area (Å²) >= 11 is 12.5. The molecule has 5 aromatic rings. The lowest BCUT2D eigenvalue weighted by atomic mass is 10.1. The summed E-state index contributed by atoms with van der Waals surface area (Å²) in [5.41, 5.74) is 0.288. The summed E-state index contributed by atoms with van der Waals surface area (Å²) in [4.78, 5) is 31.6. The van der Waals surface area contributed by atoms with E-state index in [9.17, 15) is 27.2 Å². The predicted molar refractivity (Wildman–Crippen MR) is 150 cm³/mol. The summed E-state index contributed by atoms with van der Waals surface area (Å²) in [6, 6.07) is 13.4. The van der Waals surface area contributed by atoms with Crippen LogP contribution in [0.1, 0.15) is 43.5 Å². The highest BCUT2D eigenvalue weighted by molar-refractivity contribution is 6.32. The Balaban J connectivity index is 1.48. The SMILES string of the molecule is Cc1c(F)ccc(C(=O)NCc2ccccc2Cl)c1NC(=O)c1cc(Cn2nnc(C(F)(F)F)n2)nn1-c1ncccc1Cl. The quantitative estimate of drug-likeness (QED) is 0.220. The van der Waals surface area contributed by atoms with E-state index >= 15 is 0 Å². The van der Waals surface area contributed by atoms with Gasteiger partial charge in [-0.25, -0.2) is 14.1 Å². The molecular formula is C27H19Cl2F4N9O2. The zero-order valence-corrected chi connectivity index (χ0v) is 23.9. The molecule has 2 aromatic carbocycles. The molecule has 0 aliphatic heterocycles. The van der Waals surface area contributed by atoms with Crippen LogP contribution in [-0.4, -0.2) is 46.8 Å². The number of rotatable bonds is 8. The molecule has 2 amide bonds. The van der Waals surface area contributed by atoms with Crippen molar-refractivity contribution in [3.63, 3.8) is 0 Å². The van der Waals surface area contributed by atoms with E-state index in [2.05, 4.69) is 36.1 Å². The van der Waals surface area contributed by atoms with Crippen LogP contribution in [0.25, 0.3) is 5.82 Å². The molecule has 3 heterocycles. The van der Waals surface area contributed by atoms with Crippen LogP contribution in [-0.2, 0) is 19.3 Å². The number of amides is 2. The number of benzene rings is 2. The largest absolute Gasteiger partial charge is 0.455 e. The number of carbonyl (C=O) groups excluding carboxylic acids is 2. The maximum absolute atomic E-state index is 14.7. The minimum atomic E-state index is -4.82. The average Bonchev–Trinajstić information content (AvgIpc) is 3.63. The van der Waals surface area contributed by atoms with E-state index < -0.39 is 36.2 Å². The highest BCUT2D eigenvalue weighted by Gasteiger charge is 2.37. The van der Waals surface area contributed by atoms with E-state index in [4.69, 9.17) is 23.2 Å². The number of nitrogens with zero attached hydrogens (tertiary/aromatic N) is 7. The van der Waals surface area contributed by atoms with Gasteiger partial charge in [0.15, 0.2) is 5.82 Å². The van der Waals surface area contributed by atoms with Crippen molar-refractivity contribution in [2.45, 2.75) is 26.2 Å². The Morgan fingerprint density at radius 3 is 2.43 bits per heavy atom. The molecule has 11 nitrogen and oxygen atoms in total. The fourth-order valence-corrected chi connectivity index (χ4v) is 4.46. The Hall–Kier alpha value is -4.89. The fraction of sp³-hybridized carbons (Fsp3) is 0.148. The van der Waals surface area contributed by atoms with Gasteiger partial charge < -0.3 is 10.6 Å². The molecule has 44 heavy (non-hydrogen) atoms. The first-order valence-corrected chi connectivity index (χ1v) is 13.3. The van der Waals surface area contributed by atoms with Crippen molar-refractivity contribution in [1.82, 2.24) is 40.3 Å². The predicted octanol–water partition coefficient (Wildman–Crippen LogP) is 5.26. The Morgan fingerprint density at radius 2 is 1.73 bits per heavy atom. The summed E-state index contributed by atoms with van der Waals surface area (Å²) in [7, 11) is 0. The van der Waals surface area contributed by atoms with Crippen molar-refractivity contribution in [2.75, 3.05) is 5.32 Å². The minimum absolute atomic E-state index is 0.0155. The van der Waals surface area contributed by atoms with E-state index in [1.54, 1.807) is 24.3 Å². The van der Waals surface area contributed by atoms with E-state index in [0.717, 1.165) is 10.7 Å². The third-order valence-electron chi connectivity index (χ3n) is 6.22. The van der Waals surface area contributed by atoms with Crippen LogP contribution in [0.15, 0.2) is 60.8 Å². The molecule has 0 spiro atoms. The number of tetrazole rings is 1. The summed E-state index contributed by atoms with van der Waals surface area (Å²) in [6.07, 6.45) is -3.43. The van der Waals surface area contributed by atoms with Gasteiger partial charge in [0.1, 0.15) is 18.1 Å². The Bertz CT molecular complexity index is 1870. The summed E-state index contributed by atoms with van der Waals surface area (Å²) < 4.78 is 54.6. The van der Waals surface area contributed by atoms with Crippen LogP contribution in [0.3, 0.4) is 0 Å². The van der Waals surface area contributed by atoms with Crippen molar-refractivity contribution in [2.24, 2.45) is 0 Å². The first kappa shape index (κ1) is 30.6. The Morgan fingerprint density at radius 1 is 0.977 bits per heavy atom. The van der Waals surface area contributed by atoms with Crippen molar-refractivity contribution in [3.8, 4) is 5.82 Å². The van der Waals surface area contributed by atoms with Gasteiger partial charge in [0, 0.05) is 23.3 Å². The number of alkyl halides is 3. The number of hydrogen-bond donors (Lipinski definition) is 2. The highest BCUT2D eigenvalue weighted by atomic mass is 35.5. The van der Waals surface area contributed by atoms with Crippen LogP contribution in [0, 0.1) is 12.7 Å². The van der Waals surface area contributed by atoms with Gasteiger partial charge in [0.2, 0.25) is 0 Å². The van der Waals surface area contributed by atoms with Crippen LogP contribution < -0.4 is 10.6 Å². The van der Waals surface area contributed by atoms with Crippen LogP contribution in [0.4, 0.5) is 23.2 Å². The third kappa shape index (κ3) is 6.53. The maximum Gasteiger partial charge on any atom is 0.455 e. The molecule has 0 radical (unpaired) electrons. The van der Waals surface area contributed by atoms with Gasteiger partial charge >= 0.3 is 6.18 Å². The van der Waals surface area contributed by atoms with Crippen molar-refractivity contribution in [3.05, 3.63) is 111 Å². The smallest absolute Gasteiger partial charge is 0.348 e. The molecule has 5 rings (SSSR count). The van der Waals surface area contributed by atoms with Gasteiger partial charge in [0.25, 0.3) is 17.6 Å². The van der Waals surface area contributed by atoms with Gasteiger partial charge in [-0.15, -0.1) is 10.2 Å². The number of nitrogens with one attached hydrogen (secondary N) is 2. The number of anilines is 1. The topological polar surface area (TPSA) is 133 Å². The molecule has 0 aliphatic carbocycles. The second-order valence-corrected chi connectivity index (χ2v) is 10.0. The molecule has 0 bridgehead atoms. The Kier molecular flexibility index (Phi) is 8.60. The number of hydrogen-bond acceptors (Lipinski definition) is 7. The molecule has 0 atom stereocenters. The number of halogens is 6. The molecule has 0 saturated carbocycles. The van der Waals surface area contributed by atoms with Gasteiger partial charge in [-0.3, -0.25) is 9.59 Å². The summed E-state index contributed by atoms with van der Waals surface area (Å²) in [5, 5.41) is 19.7. The lowest BCUT2D eigenvalue weighted by molar-refractivity contribution is -0.145. The Labute approximate surface area is 255 Å². The number of pyridine rings is 1. The second kappa shape index (κ2) is 12.4. The van der Waals surface area contributed by atoms with Crippen molar-refractivity contribution in [1.29, 1.82) is 0 Å². The molecule has 0 saturated heterocycles. The lowest BCUT2D eigenvalue weighted by Gasteiger charge is -2.15. The van der Waals surface area contributed by atoms with E-state index in [0.29, 0.717) is 15.4 Å². The molecule has 2 N–H and O–H groups in total. The second-order valence-electron chi connectivity index (χ2n) is 9.21. The molecule has 3 aromatic heterocycles. The fourth-order valence-electron chi connectivity index (χ4n) is 4.06. The molecule has 0 fully saturated rings. The molecule has 0 unspecified atom stereocenters. The summed E-state index contributed by atoms with van der Waals surface area (Å²) in [6.45, 7) is 1.03. The summed E-state index contributed by atoms with van der Waals surface area (Å²) in [5.74, 6) is -3.61. The first-order chi connectivity index (χ1) is 20.9. The van der Waals surface area contributed by atoms with Crippen LogP contribution >= 0.6 is 23.2 Å². The minimum Gasteiger partial charge on any atom is -0.348 e. The zero-order valence-electron chi connectivity index (χ0n) is 22.4. The monoisotopic (exact) mass is 647 g/mol. The standard InChI is InChI=1S/C27H19Cl2F4N9O2/c1-14-20(30)9-8-17(24(43)35-12-15-5-2-3-6-18(15)28)22(14)36-25(44)21-11-16(13-41-39-26(37-40-41)27(31,32)33)38-42(21)23-19(29)7-4-10-34-23/h2-11H,12-13H2,1H3,(H,35,43)(H,36,44). The highest BCUT2D eigenvalue weighted by Crippen LogP contribution is 2.27. The first-order valence-electron chi connectivity index (χ1n) is 12.6. The molecule has 17 heteroatoms. The van der Waals surface area contributed by atoms with E-state index in [1.807, 2.05) is 0 Å². The van der Waals surface area contributed by atoms with E-state index in [1.165, 1.54) is 37.4 Å². The number of carbonyl (C=O) groups is 2.